The number of aromatic carboxylic acids is 1. The highest BCUT2D eigenvalue weighted by molar-refractivity contribution is 5.87. The number of carboxylic acid groups (broad SMARTS) is 1. The van der Waals surface area contributed by atoms with Gasteiger partial charge in [-0.05, 0) is 6.92 Å². The van der Waals surface area contributed by atoms with Gasteiger partial charge in [0.2, 0.25) is 5.91 Å². The number of nitrogens with zero attached hydrogens (tertiary/aromatic N) is 4. The first-order valence-corrected chi connectivity index (χ1v) is 5.77. The zero-order chi connectivity index (χ0) is 14.6. The molecule has 0 saturated heterocycles. The Bertz CT molecular complexity index is 469. The number of methoxy groups -OCH3 is 1. The van der Waals surface area contributed by atoms with Crippen LogP contribution in [0.4, 0.5) is 0 Å². The van der Waals surface area contributed by atoms with Gasteiger partial charge in [-0.3, -0.25) is 4.79 Å². The second-order valence-corrected chi connectivity index (χ2v) is 4.29. The van der Waals surface area contributed by atoms with Gasteiger partial charge in [0.05, 0.1) is 12.3 Å². The van der Waals surface area contributed by atoms with Crippen molar-refractivity contribution >= 4 is 11.9 Å². The summed E-state index contributed by atoms with van der Waals surface area (Å²) in [6.07, 6.45) is 0.330. The second kappa shape index (κ2) is 6.28. The van der Waals surface area contributed by atoms with E-state index in [2.05, 4.69) is 10.3 Å². The average Bonchev–Trinajstić information content (AvgIpc) is 2.78. The molecule has 8 nitrogen and oxygen atoms in total. The summed E-state index contributed by atoms with van der Waals surface area (Å²) in [5.74, 6) is -1.35. The third-order valence-electron chi connectivity index (χ3n) is 2.70. The van der Waals surface area contributed by atoms with Crippen molar-refractivity contribution in [1.29, 1.82) is 0 Å². The van der Waals surface area contributed by atoms with Crippen LogP contribution in [0.1, 0.15) is 29.1 Å². The summed E-state index contributed by atoms with van der Waals surface area (Å²) in [6, 6.07) is -0.609. The van der Waals surface area contributed by atoms with Crippen molar-refractivity contribution in [1.82, 2.24) is 19.9 Å². The minimum Gasteiger partial charge on any atom is -0.476 e. The second-order valence-electron chi connectivity index (χ2n) is 4.29. The lowest BCUT2D eigenvalue weighted by molar-refractivity contribution is -0.132. The lowest BCUT2D eigenvalue weighted by atomic mass is 10.2. The van der Waals surface area contributed by atoms with Crippen LogP contribution in [-0.4, -0.2) is 64.7 Å². The molecule has 0 fully saturated rings. The number of likely N-dealkylation sites (N-methyl/N-ethyl adjacent to an activating group) is 1. The number of hydrogen-bond donors (Lipinski definition) is 1. The maximum absolute atomic E-state index is 11.9. The number of ether oxygens (including phenoxy) is 1. The maximum atomic E-state index is 11.9. The summed E-state index contributed by atoms with van der Waals surface area (Å²) >= 11 is 0. The Morgan fingerprint density at radius 3 is 2.58 bits per heavy atom. The Balaban J connectivity index is 3.12. The molecule has 1 unspecified atom stereocenters. The van der Waals surface area contributed by atoms with Crippen LogP contribution in [-0.2, 0) is 16.0 Å². The van der Waals surface area contributed by atoms with E-state index in [1.165, 1.54) is 16.7 Å². The summed E-state index contributed by atoms with van der Waals surface area (Å²) in [4.78, 5) is 24.4. The molecule has 0 radical (unpaired) electrons. The van der Waals surface area contributed by atoms with Gasteiger partial charge in [0.1, 0.15) is 6.04 Å². The zero-order valence-corrected chi connectivity index (χ0v) is 11.5. The van der Waals surface area contributed by atoms with Crippen LogP contribution >= 0.6 is 0 Å². The molecule has 0 saturated carbocycles. The van der Waals surface area contributed by atoms with E-state index in [9.17, 15) is 9.59 Å². The quantitative estimate of drug-likeness (QED) is 0.769. The van der Waals surface area contributed by atoms with Crippen LogP contribution in [0, 0.1) is 0 Å². The van der Waals surface area contributed by atoms with Crippen molar-refractivity contribution in [3.63, 3.8) is 0 Å². The fraction of sp³-hybridized carbons (Fsp3) is 0.636. The van der Waals surface area contributed by atoms with Gasteiger partial charge in [0, 0.05) is 27.6 Å². The molecule has 0 bridgehead atoms. The van der Waals surface area contributed by atoms with E-state index in [0.717, 1.165) is 0 Å². The minimum atomic E-state index is -1.16. The van der Waals surface area contributed by atoms with Crippen LogP contribution in [0.3, 0.4) is 0 Å². The monoisotopic (exact) mass is 270 g/mol. The van der Waals surface area contributed by atoms with E-state index >= 15 is 0 Å². The average molecular weight is 270 g/mol. The predicted molar refractivity (Wildman–Crippen MR) is 66.0 cm³/mol. The molecule has 0 aliphatic heterocycles. The molecular weight excluding hydrogens is 252 g/mol. The summed E-state index contributed by atoms with van der Waals surface area (Å²) in [5, 5.41) is 16.5. The molecule has 0 aliphatic carbocycles. The zero-order valence-electron chi connectivity index (χ0n) is 11.5. The molecule has 1 heterocycles. The first kappa shape index (κ1) is 15.1. The van der Waals surface area contributed by atoms with E-state index < -0.39 is 12.0 Å². The lowest BCUT2D eigenvalue weighted by Gasteiger charge is -2.18. The topological polar surface area (TPSA) is 97.5 Å². The Morgan fingerprint density at radius 1 is 1.47 bits per heavy atom. The molecule has 1 amide bonds. The molecule has 0 aromatic carbocycles. The first-order valence-electron chi connectivity index (χ1n) is 5.77. The largest absolute Gasteiger partial charge is 0.476 e. The fourth-order valence-electron chi connectivity index (χ4n) is 1.70. The maximum Gasteiger partial charge on any atom is 0.358 e. The fourth-order valence-corrected chi connectivity index (χ4v) is 1.70. The van der Waals surface area contributed by atoms with E-state index in [0.29, 0.717) is 18.7 Å². The predicted octanol–water partition coefficient (Wildman–Crippen LogP) is -0.186. The summed E-state index contributed by atoms with van der Waals surface area (Å²) < 4.78 is 6.27. The van der Waals surface area contributed by atoms with Crippen molar-refractivity contribution in [2.75, 3.05) is 27.8 Å². The molecule has 1 N–H and O–H groups in total. The summed E-state index contributed by atoms with van der Waals surface area (Å²) in [7, 11) is 4.77. The molecule has 0 spiro atoms. The van der Waals surface area contributed by atoms with E-state index in [4.69, 9.17) is 9.84 Å². The number of carbonyl (C=O) groups is 2. The molecule has 106 valence electrons. The smallest absolute Gasteiger partial charge is 0.358 e. The highest BCUT2D eigenvalue weighted by atomic mass is 16.5. The Kier molecular flexibility index (Phi) is 4.99. The van der Waals surface area contributed by atoms with E-state index in [1.807, 2.05) is 0 Å². The number of hydrogen-bond acceptors (Lipinski definition) is 5. The van der Waals surface area contributed by atoms with Crippen LogP contribution in [0.5, 0.6) is 0 Å². The van der Waals surface area contributed by atoms with Crippen molar-refractivity contribution in [2.45, 2.75) is 19.4 Å². The number of rotatable bonds is 6. The van der Waals surface area contributed by atoms with E-state index in [1.54, 1.807) is 21.0 Å². The molecule has 1 rings (SSSR count). The number of carbonyl (C=O) groups excluding carboxylic acids is 1. The van der Waals surface area contributed by atoms with Crippen LogP contribution in [0.2, 0.25) is 0 Å². The summed E-state index contributed by atoms with van der Waals surface area (Å²) in [5.41, 5.74) is 0.243. The Labute approximate surface area is 111 Å². The van der Waals surface area contributed by atoms with Crippen LogP contribution in [0.15, 0.2) is 0 Å². The van der Waals surface area contributed by atoms with Gasteiger partial charge in [0.15, 0.2) is 5.69 Å². The van der Waals surface area contributed by atoms with Gasteiger partial charge < -0.3 is 14.7 Å². The van der Waals surface area contributed by atoms with Gasteiger partial charge in [-0.1, -0.05) is 5.21 Å². The van der Waals surface area contributed by atoms with Gasteiger partial charge in [-0.15, -0.1) is 5.10 Å². The van der Waals surface area contributed by atoms with Crippen molar-refractivity contribution < 1.29 is 19.4 Å². The molecule has 1 aromatic heterocycles. The number of aromatic nitrogens is 3. The Hall–Kier alpha value is -1.96. The molecule has 19 heavy (non-hydrogen) atoms. The third-order valence-corrected chi connectivity index (χ3v) is 2.70. The molecule has 1 aromatic rings. The third kappa shape index (κ3) is 3.28. The van der Waals surface area contributed by atoms with Crippen molar-refractivity contribution in [3.05, 3.63) is 11.4 Å². The normalized spacial score (nSPS) is 12.2. The number of carboxylic acids is 1. The number of amides is 1. The molecular formula is C11H18N4O4. The standard InChI is InChI=1S/C11H18N4O4/c1-7(10(16)14(2)3)15-8(5-6-19-4)9(11(17)18)12-13-15/h7H,5-6H2,1-4H3,(H,17,18). The van der Waals surface area contributed by atoms with Gasteiger partial charge in [-0.2, -0.15) is 0 Å². The van der Waals surface area contributed by atoms with Crippen molar-refractivity contribution in [3.8, 4) is 0 Å². The van der Waals surface area contributed by atoms with Crippen LogP contribution < -0.4 is 0 Å². The van der Waals surface area contributed by atoms with E-state index in [-0.39, 0.29) is 11.6 Å². The summed E-state index contributed by atoms with van der Waals surface area (Å²) in [6.45, 7) is 1.98. The highest BCUT2D eigenvalue weighted by Crippen LogP contribution is 2.15. The van der Waals surface area contributed by atoms with Crippen molar-refractivity contribution in [2.24, 2.45) is 0 Å². The minimum absolute atomic E-state index is 0.143. The van der Waals surface area contributed by atoms with Gasteiger partial charge in [0.25, 0.3) is 0 Å². The van der Waals surface area contributed by atoms with Gasteiger partial charge >= 0.3 is 5.97 Å². The van der Waals surface area contributed by atoms with Crippen LogP contribution in [0.25, 0.3) is 0 Å². The Morgan fingerprint density at radius 2 is 2.11 bits per heavy atom. The lowest BCUT2D eigenvalue weighted by Crippen LogP contribution is -2.31. The van der Waals surface area contributed by atoms with Gasteiger partial charge in [-0.25, -0.2) is 9.48 Å². The highest BCUT2D eigenvalue weighted by Gasteiger charge is 2.25. The first-order chi connectivity index (χ1) is 8.90. The molecule has 8 heteroatoms. The SMILES string of the molecule is COCCc1c(C(=O)O)nnn1C(C)C(=O)N(C)C. The molecule has 0 aliphatic rings. The molecule has 1 atom stereocenters.